The first-order valence-corrected chi connectivity index (χ1v) is 11.4. The molecule has 23 heavy (non-hydrogen) atoms. The largest absolute Gasteiger partial charge is 0.204 e. The molecule has 0 aromatic heterocycles. The van der Waals surface area contributed by atoms with E-state index in [0.717, 1.165) is 35.8 Å². The fraction of sp³-hybridized carbons (Fsp3) is 0.700. The highest BCUT2D eigenvalue weighted by Gasteiger charge is 2.31. The smallest absolute Gasteiger partial charge is 0.159 e. The van der Waals surface area contributed by atoms with Crippen LogP contribution >= 0.6 is 0 Å². The molecule has 0 saturated heterocycles. The van der Waals surface area contributed by atoms with Gasteiger partial charge >= 0.3 is 0 Å². The van der Waals surface area contributed by atoms with Crippen LogP contribution in [0.15, 0.2) is 18.2 Å². The quantitative estimate of drug-likeness (QED) is 0.607. The van der Waals surface area contributed by atoms with Crippen molar-refractivity contribution in [2.45, 2.75) is 75.8 Å². The van der Waals surface area contributed by atoms with E-state index in [1.807, 2.05) is 0 Å². The van der Waals surface area contributed by atoms with Crippen molar-refractivity contribution in [1.29, 1.82) is 0 Å². The zero-order valence-corrected chi connectivity index (χ0v) is 15.8. The molecule has 2 fully saturated rings. The normalized spacial score (nSPS) is 32.5. The minimum atomic E-state index is -0.727. The standard InChI is InChI=1S/C20H30F2Si/c1-2-23-18-10-7-15(8-11-18)14-3-5-16(6-4-14)17-9-12-19(21)20(22)13-17/h9,12-16,18H,2-8,10-11,23H2,1H3/t14?,15-,16?,18-. The molecule has 2 saturated carbocycles. The van der Waals surface area contributed by atoms with Crippen molar-refractivity contribution in [3.63, 3.8) is 0 Å². The van der Waals surface area contributed by atoms with Gasteiger partial charge in [-0.1, -0.05) is 50.3 Å². The molecule has 0 atom stereocenters. The first kappa shape index (κ1) is 17.1. The number of hydrogen-bond acceptors (Lipinski definition) is 0. The molecule has 0 spiro atoms. The second-order valence-electron chi connectivity index (χ2n) is 7.85. The third-order valence-corrected chi connectivity index (χ3v) is 8.65. The number of halogens is 2. The van der Waals surface area contributed by atoms with Gasteiger partial charge in [0.25, 0.3) is 0 Å². The molecule has 0 radical (unpaired) electrons. The van der Waals surface area contributed by atoms with Crippen LogP contribution in [0.2, 0.25) is 11.6 Å². The lowest BCUT2D eigenvalue weighted by Crippen LogP contribution is -2.25. The SMILES string of the molecule is CC[SiH2][C@H]1CC[C@H](C2CCC(c3ccc(F)c(F)c3)CC2)CC1. The summed E-state index contributed by atoms with van der Waals surface area (Å²) in [7, 11) is 0.208. The highest BCUT2D eigenvalue weighted by molar-refractivity contribution is 6.37. The van der Waals surface area contributed by atoms with Crippen LogP contribution in [0.1, 0.15) is 69.8 Å². The third-order valence-electron chi connectivity index (χ3n) is 6.44. The van der Waals surface area contributed by atoms with E-state index in [1.54, 1.807) is 6.07 Å². The maximum Gasteiger partial charge on any atom is 0.159 e. The minimum absolute atomic E-state index is 0.208. The zero-order valence-electron chi connectivity index (χ0n) is 14.4. The van der Waals surface area contributed by atoms with Gasteiger partial charge in [0.05, 0.1) is 0 Å². The van der Waals surface area contributed by atoms with Gasteiger partial charge < -0.3 is 0 Å². The van der Waals surface area contributed by atoms with Gasteiger partial charge in [-0.25, -0.2) is 8.78 Å². The summed E-state index contributed by atoms with van der Waals surface area (Å²) >= 11 is 0. The van der Waals surface area contributed by atoms with Crippen molar-refractivity contribution in [3.05, 3.63) is 35.4 Å². The van der Waals surface area contributed by atoms with Crippen molar-refractivity contribution >= 4 is 9.52 Å². The first-order chi connectivity index (χ1) is 11.2. The Kier molecular flexibility index (Phi) is 5.89. The summed E-state index contributed by atoms with van der Waals surface area (Å²) in [5.74, 6) is 0.854. The van der Waals surface area contributed by atoms with Crippen LogP contribution in [-0.4, -0.2) is 9.52 Å². The average molecular weight is 337 g/mol. The molecule has 0 heterocycles. The van der Waals surface area contributed by atoms with E-state index in [1.165, 1.54) is 56.7 Å². The van der Waals surface area contributed by atoms with E-state index in [2.05, 4.69) is 6.92 Å². The monoisotopic (exact) mass is 336 g/mol. The number of benzene rings is 1. The summed E-state index contributed by atoms with van der Waals surface area (Å²) in [5.41, 5.74) is 2.12. The Morgan fingerprint density at radius 1 is 0.870 bits per heavy atom. The molecule has 3 heteroatoms. The Morgan fingerprint density at radius 2 is 1.48 bits per heavy atom. The van der Waals surface area contributed by atoms with Crippen molar-refractivity contribution in [2.24, 2.45) is 11.8 Å². The Labute approximate surface area is 141 Å². The molecule has 2 aliphatic carbocycles. The molecule has 128 valence electrons. The molecular formula is C20H30F2Si. The summed E-state index contributed by atoms with van der Waals surface area (Å²) in [6.45, 7) is 2.36. The highest BCUT2D eigenvalue weighted by Crippen LogP contribution is 2.45. The second-order valence-corrected chi connectivity index (χ2v) is 10.6. The van der Waals surface area contributed by atoms with Crippen molar-refractivity contribution in [3.8, 4) is 0 Å². The van der Waals surface area contributed by atoms with Crippen LogP contribution in [0.5, 0.6) is 0 Å². The molecule has 3 rings (SSSR count). The van der Waals surface area contributed by atoms with Gasteiger partial charge in [0.1, 0.15) is 0 Å². The van der Waals surface area contributed by atoms with E-state index in [-0.39, 0.29) is 9.52 Å². The molecule has 0 aliphatic heterocycles. The highest BCUT2D eigenvalue weighted by atomic mass is 28.2. The number of hydrogen-bond donors (Lipinski definition) is 0. The predicted molar refractivity (Wildman–Crippen MR) is 95.8 cm³/mol. The van der Waals surface area contributed by atoms with Gasteiger partial charge in [-0.3, -0.25) is 0 Å². The summed E-state index contributed by atoms with van der Waals surface area (Å²) in [6, 6.07) is 5.95. The van der Waals surface area contributed by atoms with Crippen molar-refractivity contribution in [1.82, 2.24) is 0 Å². The molecule has 0 N–H and O–H groups in total. The topological polar surface area (TPSA) is 0 Å². The summed E-state index contributed by atoms with van der Waals surface area (Å²) in [4.78, 5) is 0. The maximum atomic E-state index is 13.4. The van der Waals surface area contributed by atoms with E-state index in [0.29, 0.717) is 5.92 Å². The zero-order chi connectivity index (χ0) is 16.2. The van der Waals surface area contributed by atoms with Gasteiger partial charge in [-0.2, -0.15) is 0 Å². The van der Waals surface area contributed by atoms with Gasteiger partial charge in [0, 0.05) is 9.52 Å². The average Bonchev–Trinajstić information content (AvgIpc) is 2.59. The molecule has 0 bridgehead atoms. The summed E-state index contributed by atoms with van der Waals surface area (Å²) in [5, 5.41) is 0. The van der Waals surface area contributed by atoms with Crippen LogP contribution < -0.4 is 0 Å². The fourth-order valence-electron chi connectivity index (χ4n) is 5.05. The Morgan fingerprint density at radius 3 is 2.04 bits per heavy atom. The van der Waals surface area contributed by atoms with E-state index < -0.39 is 11.6 Å². The minimum Gasteiger partial charge on any atom is -0.204 e. The Bertz CT molecular complexity index is 500. The van der Waals surface area contributed by atoms with Crippen LogP contribution in [0.3, 0.4) is 0 Å². The van der Waals surface area contributed by atoms with Gasteiger partial charge in [-0.05, 0) is 61.1 Å². The van der Waals surface area contributed by atoms with E-state index in [4.69, 9.17) is 0 Å². The van der Waals surface area contributed by atoms with Crippen LogP contribution in [-0.2, 0) is 0 Å². The Balaban J connectivity index is 1.50. The predicted octanol–water partition coefficient (Wildman–Crippen LogP) is 5.82. The fourth-order valence-corrected chi connectivity index (χ4v) is 6.91. The maximum absolute atomic E-state index is 13.4. The summed E-state index contributed by atoms with van der Waals surface area (Å²) < 4.78 is 26.5. The lowest BCUT2D eigenvalue weighted by molar-refractivity contribution is 0.185. The van der Waals surface area contributed by atoms with Crippen molar-refractivity contribution in [2.75, 3.05) is 0 Å². The molecular weight excluding hydrogens is 306 g/mol. The lowest BCUT2D eigenvalue weighted by Gasteiger charge is -2.38. The lowest BCUT2D eigenvalue weighted by atomic mass is 9.70. The molecule has 2 aliphatic rings. The van der Waals surface area contributed by atoms with E-state index >= 15 is 0 Å². The van der Waals surface area contributed by atoms with Crippen LogP contribution in [0.25, 0.3) is 0 Å². The third kappa shape index (κ3) is 4.23. The van der Waals surface area contributed by atoms with Gasteiger partial charge in [0.15, 0.2) is 11.6 Å². The molecule has 1 aromatic carbocycles. The summed E-state index contributed by atoms with van der Waals surface area (Å²) in [6.07, 6.45) is 10.8. The molecule has 0 unspecified atom stereocenters. The first-order valence-electron chi connectivity index (χ1n) is 9.62. The molecule has 0 amide bonds. The van der Waals surface area contributed by atoms with Gasteiger partial charge in [-0.15, -0.1) is 0 Å². The molecule has 1 aromatic rings. The Hall–Kier alpha value is -0.703. The molecule has 0 nitrogen and oxygen atoms in total. The van der Waals surface area contributed by atoms with Gasteiger partial charge in [0.2, 0.25) is 0 Å². The van der Waals surface area contributed by atoms with Crippen LogP contribution in [0, 0.1) is 23.5 Å². The van der Waals surface area contributed by atoms with Crippen molar-refractivity contribution < 1.29 is 8.78 Å². The van der Waals surface area contributed by atoms with E-state index in [9.17, 15) is 8.78 Å². The van der Waals surface area contributed by atoms with Crippen LogP contribution in [0.4, 0.5) is 8.78 Å². The second kappa shape index (κ2) is 7.91. The number of rotatable bonds is 4.